The van der Waals surface area contributed by atoms with Gasteiger partial charge in [0.1, 0.15) is 0 Å². The van der Waals surface area contributed by atoms with E-state index in [1.807, 2.05) is 11.8 Å². The Kier molecular flexibility index (Phi) is 3.57. The number of rotatable bonds is 3. The molecular weight excluding hydrogens is 316 g/mol. The minimum absolute atomic E-state index is 0.400. The first-order chi connectivity index (χ1) is 10.3. The van der Waals surface area contributed by atoms with Crippen molar-refractivity contribution in [1.82, 2.24) is 4.98 Å². The smallest absolute Gasteiger partial charge is 0.150 e. The molecule has 2 aromatic carbocycles. The minimum atomic E-state index is 0.400. The summed E-state index contributed by atoms with van der Waals surface area (Å²) in [5, 5.41) is 3.67. The van der Waals surface area contributed by atoms with Crippen LogP contribution < -0.4 is 5.32 Å². The molecule has 0 saturated heterocycles. The van der Waals surface area contributed by atoms with Gasteiger partial charge in [-0.1, -0.05) is 30.0 Å². The van der Waals surface area contributed by atoms with E-state index in [0.717, 1.165) is 15.6 Å². The van der Waals surface area contributed by atoms with E-state index in [9.17, 15) is 0 Å². The third kappa shape index (κ3) is 2.54. The second-order valence-electron chi connectivity index (χ2n) is 4.91. The Balaban J connectivity index is 1.63. The molecule has 1 aliphatic rings. The highest BCUT2D eigenvalue weighted by Gasteiger charge is 2.22. The highest BCUT2D eigenvalue weighted by Crippen LogP contribution is 2.40. The maximum Gasteiger partial charge on any atom is 0.150 e. The topological polar surface area (TPSA) is 24.9 Å². The molecule has 4 rings (SSSR count). The molecule has 0 bridgehead atoms. The molecule has 0 spiro atoms. The van der Waals surface area contributed by atoms with Crippen molar-refractivity contribution < 1.29 is 0 Å². The molecule has 106 valence electrons. The van der Waals surface area contributed by atoms with E-state index in [-0.39, 0.29) is 0 Å². The zero-order chi connectivity index (χ0) is 14.2. The van der Waals surface area contributed by atoms with Crippen molar-refractivity contribution in [2.24, 2.45) is 0 Å². The van der Waals surface area contributed by atoms with Crippen molar-refractivity contribution in [2.75, 3.05) is 17.3 Å². The molecule has 0 amide bonds. The van der Waals surface area contributed by atoms with Crippen LogP contribution in [0.1, 0.15) is 11.6 Å². The average molecular weight is 331 g/mol. The molecule has 0 radical (unpaired) electrons. The van der Waals surface area contributed by atoms with E-state index in [1.54, 1.807) is 23.1 Å². The molecule has 1 aliphatic heterocycles. The van der Waals surface area contributed by atoms with Gasteiger partial charge in [-0.3, -0.25) is 0 Å². The van der Waals surface area contributed by atoms with E-state index >= 15 is 0 Å². The number of nitrogens with zero attached hydrogens (tertiary/aromatic N) is 1. The Morgan fingerprint density at radius 1 is 1.24 bits per heavy atom. The van der Waals surface area contributed by atoms with E-state index in [1.165, 1.54) is 20.8 Å². The largest absolute Gasteiger partial charge is 0.377 e. The SMILES string of the molecule is CSc1nc2ccc(NC3CSc4ccccc43)cc2s1. The van der Waals surface area contributed by atoms with E-state index in [4.69, 9.17) is 0 Å². The van der Waals surface area contributed by atoms with Gasteiger partial charge in [0, 0.05) is 16.3 Å². The third-order valence-corrected chi connectivity index (χ3v) is 6.77. The van der Waals surface area contributed by atoms with Gasteiger partial charge in [-0.25, -0.2) is 4.98 Å². The molecule has 0 aliphatic carbocycles. The molecule has 1 unspecified atom stereocenters. The number of hydrogen-bond acceptors (Lipinski definition) is 5. The lowest BCUT2D eigenvalue weighted by atomic mass is 10.1. The molecule has 1 atom stereocenters. The van der Waals surface area contributed by atoms with Gasteiger partial charge in [0.25, 0.3) is 0 Å². The van der Waals surface area contributed by atoms with E-state index in [0.29, 0.717) is 6.04 Å². The number of aromatic nitrogens is 1. The van der Waals surface area contributed by atoms with Gasteiger partial charge in [-0.15, -0.1) is 23.1 Å². The van der Waals surface area contributed by atoms with Crippen LogP contribution >= 0.6 is 34.9 Å². The van der Waals surface area contributed by atoms with Crippen molar-refractivity contribution in [2.45, 2.75) is 15.3 Å². The Morgan fingerprint density at radius 3 is 3.05 bits per heavy atom. The fraction of sp³-hybridized carbons (Fsp3) is 0.188. The first-order valence-corrected chi connectivity index (χ1v) is 9.79. The summed E-state index contributed by atoms with van der Waals surface area (Å²) in [5.41, 5.74) is 3.69. The van der Waals surface area contributed by atoms with Crippen LogP contribution in [0.5, 0.6) is 0 Å². The van der Waals surface area contributed by atoms with Crippen LogP contribution in [0.4, 0.5) is 5.69 Å². The van der Waals surface area contributed by atoms with Gasteiger partial charge >= 0.3 is 0 Å². The number of benzene rings is 2. The Hall–Kier alpha value is -1.17. The monoisotopic (exact) mass is 330 g/mol. The molecule has 1 aromatic heterocycles. The molecule has 0 fully saturated rings. The fourth-order valence-electron chi connectivity index (χ4n) is 2.56. The van der Waals surface area contributed by atoms with Gasteiger partial charge in [0.05, 0.1) is 16.3 Å². The summed E-state index contributed by atoms with van der Waals surface area (Å²) < 4.78 is 2.38. The summed E-state index contributed by atoms with van der Waals surface area (Å²) in [5.74, 6) is 1.09. The Labute approximate surface area is 136 Å². The predicted molar refractivity (Wildman–Crippen MR) is 94.9 cm³/mol. The zero-order valence-electron chi connectivity index (χ0n) is 11.5. The molecule has 1 N–H and O–H groups in total. The maximum absolute atomic E-state index is 4.59. The predicted octanol–water partition coefficient (Wildman–Crippen LogP) is 5.28. The van der Waals surface area contributed by atoms with Crippen LogP contribution in [0.3, 0.4) is 0 Å². The summed E-state index contributed by atoms with van der Waals surface area (Å²) in [6.45, 7) is 0. The van der Waals surface area contributed by atoms with Crippen LogP contribution in [0.25, 0.3) is 10.2 Å². The number of fused-ring (bicyclic) bond motifs is 2. The summed E-state index contributed by atoms with van der Waals surface area (Å²) in [6, 6.07) is 15.5. The minimum Gasteiger partial charge on any atom is -0.377 e. The lowest BCUT2D eigenvalue weighted by Gasteiger charge is -2.14. The normalized spacial score (nSPS) is 17.1. The Bertz CT molecular complexity index is 797. The highest BCUT2D eigenvalue weighted by atomic mass is 32.2. The number of thioether (sulfide) groups is 2. The number of thiazole rings is 1. The first-order valence-electron chi connectivity index (χ1n) is 6.76. The average Bonchev–Trinajstić information content (AvgIpc) is 3.11. The van der Waals surface area contributed by atoms with E-state index in [2.05, 4.69) is 59.0 Å². The van der Waals surface area contributed by atoms with E-state index < -0.39 is 0 Å². The quantitative estimate of drug-likeness (QED) is 0.661. The number of nitrogens with one attached hydrogen (secondary N) is 1. The summed E-state index contributed by atoms with van der Waals surface area (Å²) in [7, 11) is 0. The zero-order valence-corrected chi connectivity index (χ0v) is 13.9. The van der Waals surface area contributed by atoms with Crippen LogP contribution in [0.15, 0.2) is 51.7 Å². The molecule has 0 saturated carbocycles. The standard InChI is InChI=1S/C16H14N2S3/c1-19-16-18-12-7-6-10(8-15(12)21-16)17-13-9-20-14-5-3-2-4-11(13)14/h2-8,13,17H,9H2,1H3. The summed E-state index contributed by atoms with van der Waals surface area (Å²) in [4.78, 5) is 5.99. The molecule has 2 nitrogen and oxygen atoms in total. The summed E-state index contributed by atoms with van der Waals surface area (Å²) >= 11 is 5.40. The van der Waals surface area contributed by atoms with Gasteiger partial charge in [-0.2, -0.15) is 0 Å². The summed E-state index contributed by atoms with van der Waals surface area (Å²) in [6.07, 6.45) is 2.07. The van der Waals surface area contributed by atoms with Crippen molar-refractivity contribution in [1.29, 1.82) is 0 Å². The van der Waals surface area contributed by atoms with Crippen LogP contribution in [-0.2, 0) is 0 Å². The fourth-order valence-corrected chi connectivity index (χ4v) is 5.25. The molecule has 2 heterocycles. The molecule has 5 heteroatoms. The lowest BCUT2D eigenvalue weighted by molar-refractivity contribution is 0.901. The maximum atomic E-state index is 4.59. The number of hydrogen-bond donors (Lipinski definition) is 1. The molecule has 3 aromatic rings. The molecule has 21 heavy (non-hydrogen) atoms. The van der Waals surface area contributed by atoms with Crippen molar-refractivity contribution in [3.63, 3.8) is 0 Å². The van der Waals surface area contributed by atoms with Crippen molar-refractivity contribution in [3.05, 3.63) is 48.0 Å². The van der Waals surface area contributed by atoms with Crippen LogP contribution in [-0.4, -0.2) is 17.0 Å². The molecular formula is C16H14N2S3. The lowest BCUT2D eigenvalue weighted by Crippen LogP contribution is -2.09. The highest BCUT2D eigenvalue weighted by molar-refractivity contribution is 8.00. The van der Waals surface area contributed by atoms with Gasteiger partial charge in [-0.05, 0) is 36.1 Å². The van der Waals surface area contributed by atoms with Gasteiger partial charge in [0.2, 0.25) is 0 Å². The number of anilines is 1. The third-order valence-electron chi connectivity index (χ3n) is 3.58. The second kappa shape index (κ2) is 5.55. The van der Waals surface area contributed by atoms with Crippen LogP contribution in [0.2, 0.25) is 0 Å². The van der Waals surface area contributed by atoms with Gasteiger partial charge < -0.3 is 5.32 Å². The second-order valence-corrected chi connectivity index (χ2v) is 8.06. The van der Waals surface area contributed by atoms with Gasteiger partial charge in [0.15, 0.2) is 4.34 Å². The first kappa shape index (κ1) is 13.5. The van der Waals surface area contributed by atoms with Crippen molar-refractivity contribution >= 4 is 50.8 Å². The van der Waals surface area contributed by atoms with Crippen molar-refractivity contribution in [3.8, 4) is 0 Å². The van der Waals surface area contributed by atoms with Crippen LogP contribution in [0, 0.1) is 0 Å². The Morgan fingerprint density at radius 2 is 2.14 bits per heavy atom.